The van der Waals surface area contributed by atoms with Crippen molar-refractivity contribution < 1.29 is 13.6 Å². The average Bonchev–Trinajstić information content (AvgIpc) is 3.84. The number of benzene rings is 3. The topological polar surface area (TPSA) is 136 Å². The number of amides is 1. The van der Waals surface area contributed by atoms with Crippen molar-refractivity contribution in [1.29, 1.82) is 10.5 Å². The number of carbonyl (C=O) groups is 1. The van der Waals surface area contributed by atoms with E-state index in [1.165, 1.54) is 6.20 Å². The maximum absolute atomic E-state index is 13.6. The van der Waals surface area contributed by atoms with Gasteiger partial charge < -0.3 is 15.5 Å². The second kappa shape index (κ2) is 12.4. The van der Waals surface area contributed by atoms with Crippen molar-refractivity contribution in [1.82, 2.24) is 24.9 Å². The largest absolute Gasteiger partial charge is 0.377 e. The van der Waals surface area contributed by atoms with E-state index in [0.717, 1.165) is 29.7 Å². The van der Waals surface area contributed by atoms with Gasteiger partial charge in [0.25, 0.3) is 11.8 Å². The zero-order valence-corrected chi connectivity index (χ0v) is 26.1. The molecule has 48 heavy (non-hydrogen) atoms. The summed E-state index contributed by atoms with van der Waals surface area (Å²) in [7, 11) is 0. The van der Waals surface area contributed by atoms with E-state index in [2.05, 4.69) is 45.0 Å². The van der Waals surface area contributed by atoms with Gasteiger partial charge in [-0.05, 0) is 54.7 Å². The Kier molecular flexibility index (Phi) is 7.93. The first-order chi connectivity index (χ1) is 23.3. The predicted molar refractivity (Wildman–Crippen MR) is 175 cm³/mol. The molecule has 1 saturated heterocycles. The molecule has 0 unspecified atom stereocenters. The minimum Gasteiger partial charge on any atom is -0.377 e. The number of hydrogen-bond acceptors (Lipinski definition) is 8. The number of pyridine rings is 1. The van der Waals surface area contributed by atoms with E-state index in [-0.39, 0.29) is 17.6 Å². The molecule has 2 N–H and O–H groups in total. The Morgan fingerprint density at radius 2 is 1.75 bits per heavy atom. The quantitative estimate of drug-likeness (QED) is 0.170. The third-order valence-corrected chi connectivity index (χ3v) is 8.80. The molecular formula is C36H31F2N9O. The summed E-state index contributed by atoms with van der Waals surface area (Å²) in [5.74, 6) is -3.35. The molecule has 0 spiro atoms. The number of nitrogens with one attached hydrogen (secondary N) is 2. The molecule has 2 fully saturated rings. The van der Waals surface area contributed by atoms with Crippen molar-refractivity contribution >= 4 is 28.2 Å². The molecule has 1 saturated carbocycles. The van der Waals surface area contributed by atoms with E-state index in [1.807, 2.05) is 53.3 Å². The van der Waals surface area contributed by atoms with Gasteiger partial charge in [0.15, 0.2) is 0 Å². The van der Waals surface area contributed by atoms with Crippen LogP contribution in [0.2, 0.25) is 0 Å². The van der Waals surface area contributed by atoms with Gasteiger partial charge in [-0.3, -0.25) is 9.78 Å². The molecule has 0 radical (unpaired) electrons. The first kappa shape index (κ1) is 30.8. The molecule has 240 valence electrons. The van der Waals surface area contributed by atoms with E-state index in [9.17, 15) is 24.1 Å². The van der Waals surface area contributed by atoms with E-state index in [0.29, 0.717) is 44.7 Å². The molecular weight excluding hydrogens is 612 g/mol. The lowest BCUT2D eigenvalue weighted by atomic mass is 9.98. The number of fused-ring (bicyclic) bond motifs is 1. The van der Waals surface area contributed by atoms with Crippen LogP contribution in [0.1, 0.15) is 82.6 Å². The number of halogens is 2. The summed E-state index contributed by atoms with van der Waals surface area (Å²) in [6.07, 6.45) is 6.09. The molecule has 1 aliphatic carbocycles. The maximum atomic E-state index is 13.6. The summed E-state index contributed by atoms with van der Waals surface area (Å²) in [6.45, 7) is 0.832. The molecule has 7 rings (SSSR count). The third-order valence-electron chi connectivity index (χ3n) is 8.80. The van der Waals surface area contributed by atoms with E-state index >= 15 is 0 Å². The highest BCUT2D eigenvalue weighted by molar-refractivity contribution is 5.99. The fraction of sp³-hybridized carbons (Fsp3) is 0.278. The van der Waals surface area contributed by atoms with Crippen molar-refractivity contribution in [2.24, 2.45) is 0 Å². The van der Waals surface area contributed by atoms with Gasteiger partial charge in [-0.15, -0.1) is 5.10 Å². The molecule has 1 aliphatic heterocycles. The summed E-state index contributed by atoms with van der Waals surface area (Å²) in [6, 6.07) is 24.3. The number of carbonyl (C=O) groups excluding carboxylic acids is 1. The number of nitrogens with zero attached hydrogens (tertiary/aromatic N) is 7. The van der Waals surface area contributed by atoms with E-state index in [1.54, 1.807) is 24.3 Å². The summed E-state index contributed by atoms with van der Waals surface area (Å²) in [4.78, 5) is 18.7. The molecule has 0 bridgehead atoms. The highest BCUT2D eigenvalue weighted by atomic mass is 19.3. The van der Waals surface area contributed by atoms with Crippen LogP contribution in [-0.4, -0.2) is 49.8 Å². The SMILES string of the molecule is CC[C@@H](Nc1c(C#N)cnc2c(C#N)cc(N[C@@H](c3cccc(C(=O)N4CC(F)(F)C4)c3)c3cn(C4CC4)nn3)cc12)c1ccccc1. The van der Waals surface area contributed by atoms with Gasteiger partial charge in [0.05, 0.1) is 59.7 Å². The van der Waals surface area contributed by atoms with Gasteiger partial charge in [-0.2, -0.15) is 10.5 Å². The molecule has 3 heterocycles. The molecule has 2 aliphatic rings. The van der Waals surface area contributed by atoms with Crippen LogP contribution in [0.5, 0.6) is 0 Å². The Balaban J connectivity index is 1.30. The molecule has 3 aromatic carbocycles. The zero-order chi connectivity index (χ0) is 33.4. The van der Waals surface area contributed by atoms with Gasteiger partial charge in [0, 0.05) is 22.8 Å². The molecule has 10 nitrogen and oxygen atoms in total. The minimum atomic E-state index is -2.88. The first-order valence-electron chi connectivity index (χ1n) is 15.8. The number of anilines is 2. The van der Waals surface area contributed by atoms with Crippen LogP contribution in [0.4, 0.5) is 20.2 Å². The molecule has 2 atom stereocenters. The Labute approximate surface area is 275 Å². The van der Waals surface area contributed by atoms with Crippen molar-refractivity contribution in [3.8, 4) is 12.1 Å². The monoisotopic (exact) mass is 643 g/mol. The number of nitriles is 2. The lowest BCUT2D eigenvalue weighted by Gasteiger charge is -2.38. The minimum absolute atomic E-state index is 0.108. The Morgan fingerprint density at radius 3 is 2.44 bits per heavy atom. The highest BCUT2D eigenvalue weighted by Gasteiger charge is 2.46. The number of hydrogen-bond donors (Lipinski definition) is 2. The number of likely N-dealkylation sites (tertiary alicyclic amines) is 1. The lowest BCUT2D eigenvalue weighted by molar-refractivity contribution is -0.113. The number of aromatic nitrogens is 4. The van der Waals surface area contributed by atoms with Crippen molar-refractivity contribution in [3.63, 3.8) is 0 Å². The first-order valence-corrected chi connectivity index (χ1v) is 15.8. The fourth-order valence-corrected chi connectivity index (χ4v) is 6.12. The lowest BCUT2D eigenvalue weighted by Crippen LogP contribution is -2.58. The Hall–Kier alpha value is -5.88. The average molecular weight is 644 g/mol. The smallest absolute Gasteiger partial charge is 0.282 e. The second-order valence-corrected chi connectivity index (χ2v) is 12.3. The van der Waals surface area contributed by atoms with Crippen LogP contribution in [0, 0.1) is 22.7 Å². The fourth-order valence-electron chi connectivity index (χ4n) is 6.12. The summed E-state index contributed by atoms with van der Waals surface area (Å²) < 4.78 is 28.9. The highest BCUT2D eigenvalue weighted by Crippen LogP contribution is 2.38. The Bertz CT molecular complexity index is 2090. The Morgan fingerprint density at radius 1 is 1.00 bits per heavy atom. The van der Waals surface area contributed by atoms with Gasteiger partial charge in [-0.25, -0.2) is 13.5 Å². The predicted octanol–water partition coefficient (Wildman–Crippen LogP) is 6.76. The number of rotatable bonds is 10. The van der Waals surface area contributed by atoms with Crippen molar-refractivity contribution in [2.45, 2.75) is 50.2 Å². The van der Waals surface area contributed by atoms with Crippen LogP contribution in [0.25, 0.3) is 10.9 Å². The van der Waals surface area contributed by atoms with Crippen LogP contribution in [0.3, 0.4) is 0 Å². The van der Waals surface area contributed by atoms with Gasteiger partial charge in [-0.1, -0.05) is 54.6 Å². The van der Waals surface area contributed by atoms with Gasteiger partial charge >= 0.3 is 0 Å². The molecule has 2 aromatic heterocycles. The third kappa shape index (κ3) is 6.00. The normalized spacial score (nSPS) is 16.3. The summed E-state index contributed by atoms with van der Waals surface area (Å²) >= 11 is 0. The standard InChI is InChI=1S/C36H31F2N9O/c1-2-30(22-7-4-3-5-8-22)43-33-26(17-40)18-41-32-25(16-39)14-27(15-29(32)33)42-34(31-19-47(45-44-31)28-11-12-28)23-9-6-10-24(13-23)35(48)46-20-36(37,38)21-46/h3-10,13-15,18-19,28,30,34,42H,2,11-12,20-21H2,1H3,(H,41,43)/t30-,34+/m1/s1. The van der Waals surface area contributed by atoms with Crippen LogP contribution < -0.4 is 10.6 Å². The molecule has 5 aromatic rings. The maximum Gasteiger partial charge on any atom is 0.282 e. The van der Waals surface area contributed by atoms with E-state index in [4.69, 9.17) is 0 Å². The van der Waals surface area contributed by atoms with Gasteiger partial charge in [0.1, 0.15) is 17.8 Å². The van der Waals surface area contributed by atoms with Crippen LogP contribution >= 0.6 is 0 Å². The van der Waals surface area contributed by atoms with Gasteiger partial charge in [0.2, 0.25) is 0 Å². The summed E-state index contributed by atoms with van der Waals surface area (Å²) in [5.41, 5.74) is 4.78. The summed E-state index contributed by atoms with van der Waals surface area (Å²) in [5, 5.41) is 36.7. The number of alkyl halides is 2. The van der Waals surface area contributed by atoms with Crippen molar-refractivity contribution in [3.05, 3.63) is 113 Å². The van der Waals surface area contributed by atoms with E-state index < -0.39 is 31.0 Å². The molecule has 12 heteroatoms. The molecule has 1 amide bonds. The zero-order valence-electron chi connectivity index (χ0n) is 26.1. The second-order valence-electron chi connectivity index (χ2n) is 12.3. The van der Waals surface area contributed by atoms with Crippen LogP contribution in [0.15, 0.2) is 79.1 Å². The van der Waals surface area contributed by atoms with Crippen LogP contribution in [-0.2, 0) is 0 Å². The van der Waals surface area contributed by atoms with Crippen molar-refractivity contribution in [2.75, 3.05) is 23.7 Å².